The first kappa shape index (κ1) is 12.0. The van der Waals surface area contributed by atoms with Crippen molar-refractivity contribution in [3.8, 4) is 0 Å². The Morgan fingerprint density at radius 2 is 1.80 bits per heavy atom. The Labute approximate surface area is 88.5 Å². The van der Waals surface area contributed by atoms with E-state index in [1.807, 2.05) is 0 Å². The molecule has 0 aromatic heterocycles. The van der Waals surface area contributed by atoms with Crippen LogP contribution in [0.15, 0.2) is 24.3 Å². The highest BCUT2D eigenvalue weighted by molar-refractivity contribution is 7.70. The molecule has 1 rings (SSSR count). The van der Waals surface area contributed by atoms with Gasteiger partial charge in [0.25, 0.3) is 0 Å². The van der Waals surface area contributed by atoms with Crippen molar-refractivity contribution in [2.75, 3.05) is 13.3 Å². The predicted octanol–water partition coefficient (Wildman–Crippen LogP) is 1.02. The molecule has 5 heteroatoms. The number of carboxylic acids is 1. The van der Waals surface area contributed by atoms with Crippen LogP contribution in [0.5, 0.6) is 0 Å². The minimum atomic E-state index is -2.28. The minimum Gasteiger partial charge on any atom is -0.480 e. The van der Waals surface area contributed by atoms with E-state index in [9.17, 15) is 9.36 Å². The standard InChI is InChI=1S/C10H14NO3P/c1-15(2,14)8-5-3-7(4-6-8)9(11)10(12)13/h3-6,9H,11H2,1-2H3,(H,12,13). The van der Waals surface area contributed by atoms with Crippen LogP contribution in [-0.2, 0) is 9.36 Å². The fourth-order valence-corrected chi connectivity index (χ4v) is 2.05. The maximum Gasteiger partial charge on any atom is 0.325 e. The molecule has 0 amide bonds. The maximum absolute atomic E-state index is 11.7. The van der Waals surface area contributed by atoms with Gasteiger partial charge >= 0.3 is 5.97 Å². The topological polar surface area (TPSA) is 80.4 Å². The third-order valence-corrected chi connectivity index (χ3v) is 3.68. The van der Waals surface area contributed by atoms with Gasteiger partial charge in [0.05, 0.1) is 0 Å². The molecule has 82 valence electrons. The van der Waals surface area contributed by atoms with E-state index in [-0.39, 0.29) is 0 Å². The van der Waals surface area contributed by atoms with Crippen LogP contribution in [0.2, 0.25) is 0 Å². The zero-order chi connectivity index (χ0) is 11.6. The largest absolute Gasteiger partial charge is 0.480 e. The number of hydrogen-bond acceptors (Lipinski definition) is 3. The lowest BCUT2D eigenvalue weighted by atomic mass is 10.1. The Morgan fingerprint density at radius 1 is 1.33 bits per heavy atom. The van der Waals surface area contributed by atoms with Crippen LogP contribution < -0.4 is 11.0 Å². The van der Waals surface area contributed by atoms with Crippen molar-refractivity contribution >= 4 is 18.4 Å². The van der Waals surface area contributed by atoms with Gasteiger partial charge < -0.3 is 15.4 Å². The van der Waals surface area contributed by atoms with E-state index in [0.717, 1.165) is 5.30 Å². The van der Waals surface area contributed by atoms with Gasteiger partial charge in [-0.15, -0.1) is 0 Å². The molecular weight excluding hydrogens is 213 g/mol. The van der Waals surface area contributed by atoms with Crippen molar-refractivity contribution < 1.29 is 14.5 Å². The van der Waals surface area contributed by atoms with Crippen molar-refractivity contribution in [1.82, 2.24) is 0 Å². The Balaban J connectivity index is 3.00. The molecule has 0 heterocycles. The van der Waals surface area contributed by atoms with E-state index < -0.39 is 19.2 Å². The Morgan fingerprint density at radius 3 is 2.13 bits per heavy atom. The van der Waals surface area contributed by atoms with Crippen LogP contribution >= 0.6 is 7.14 Å². The molecule has 0 aliphatic rings. The van der Waals surface area contributed by atoms with Crippen LogP contribution in [0.25, 0.3) is 0 Å². The second kappa shape index (κ2) is 4.17. The number of carboxylic acid groups (broad SMARTS) is 1. The lowest BCUT2D eigenvalue weighted by Crippen LogP contribution is -2.21. The molecule has 0 aliphatic carbocycles. The summed E-state index contributed by atoms with van der Waals surface area (Å²) in [6, 6.07) is 5.52. The summed E-state index contributed by atoms with van der Waals surface area (Å²) in [5, 5.41) is 9.41. The quantitative estimate of drug-likeness (QED) is 0.755. The molecule has 4 nitrogen and oxygen atoms in total. The van der Waals surface area contributed by atoms with Gasteiger partial charge in [0.15, 0.2) is 0 Å². The van der Waals surface area contributed by atoms with Crippen LogP contribution in [0.4, 0.5) is 0 Å². The van der Waals surface area contributed by atoms with Gasteiger partial charge in [-0.3, -0.25) is 4.79 Å². The molecule has 0 fully saturated rings. The van der Waals surface area contributed by atoms with E-state index in [1.54, 1.807) is 37.6 Å². The summed E-state index contributed by atoms with van der Waals surface area (Å²) in [7, 11) is -2.28. The smallest absolute Gasteiger partial charge is 0.325 e. The van der Waals surface area contributed by atoms with Crippen molar-refractivity contribution in [2.24, 2.45) is 5.73 Å². The summed E-state index contributed by atoms with van der Waals surface area (Å²) in [4.78, 5) is 10.6. The summed E-state index contributed by atoms with van der Waals surface area (Å²) < 4.78 is 11.7. The summed E-state index contributed by atoms with van der Waals surface area (Å²) in [5.41, 5.74) is 5.94. The molecule has 0 saturated heterocycles. The number of benzene rings is 1. The van der Waals surface area contributed by atoms with Gasteiger partial charge in [0.1, 0.15) is 13.2 Å². The summed E-state index contributed by atoms with van der Waals surface area (Å²) in [5.74, 6) is -1.07. The lowest BCUT2D eigenvalue weighted by Gasteiger charge is -2.10. The fourth-order valence-electron chi connectivity index (χ4n) is 1.18. The first-order chi connectivity index (χ1) is 6.82. The first-order valence-electron chi connectivity index (χ1n) is 4.46. The number of rotatable bonds is 3. The third kappa shape index (κ3) is 2.91. The molecule has 0 radical (unpaired) electrons. The highest BCUT2D eigenvalue weighted by atomic mass is 31.2. The highest BCUT2D eigenvalue weighted by Gasteiger charge is 2.15. The summed E-state index contributed by atoms with van der Waals surface area (Å²) >= 11 is 0. The van der Waals surface area contributed by atoms with Crippen molar-refractivity contribution in [3.05, 3.63) is 29.8 Å². The number of hydrogen-bond donors (Lipinski definition) is 2. The molecule has 1 unspecified atom stereocenters. The Kier molecular flexibility index (Phi) is 3.32. The SMILES string of the molecule is CP(C)(=O)c1ccc(C(N)C(=O)O)cc1. The van der Waals surface area contributed by atoms with Crippen molar-refractivity contribution in [1.29, 1.82) is 0 Å². The molecule has 0 bridgehead atoms. The average Bonchev–Trinajstić information content (AvgIpc) is 2.15. The zero-order valence-electron chi connectivity index (χ0n) is 8.68. The minimum absolute atomic E-state index is 0.514. The van der Waals surface area contributed by atoms with Crippen molar-refractivity contribution in [3.63, 3.8) is 0 Å². The predicted molar refractivity (Wildman–Crippen MR) is 60.1 cm³/mol. The van der Waals surface area contributed by atoms with Gasteiger partial charge in [-0.1, -0.05) is 24.3 Å². The summed E-state index contributed by atoms with van der Waals surface area (Å²) in [6.07, 6.45) is 0. The fraction of sp³-hybridized carbons (Fsp3) is 0.300. The lowest BCUT2D eigenvalue weighted by molar-refractivity contribution is -0.138. The van der Waals surface area contributed by atoms with E-state index in [0.29, 0.717) is 5.56 Å². The van der Waals surface area contributed by atoms with Crippen LogP contribution in [0.3, 0.4) is 0 Å². The second-order valence-corrected chi connectivity index (χ2v) is 6.98. The molecule has 1 aromatic rings. The Bertz CT molecular complexity index is 407. The summed E-state index contributed by atoms with van der Waals surface area (Å²) in [6.45, 7) is 3.33. The molecule has 0 aliphatic heterocycles. The first-order valence-corrected chi connectivity index (χ1v) is 7.06. The second-order valence-electron chi connectivity index (χ2n) is 3.76. The number of nitrogens with two attached hydrogens (primary N) is 1. The third-order valence-electron chi connectivity index (χ3n) is 2.14. The molecule has 3 N–H and O–H groups in total. The average molecular weight is 227 g/mol. The monoisotopic (exact) mass is 227 g/mol. The van der Waals surface area contributed by atoms with Gasteiger partial charge in [-0.2, -0.15) is 0 Å². The van der Waals surface area contributed by atoms with Crippen LogP contribution in [-0.4, -0.2) is 24.4 Å². The van der Waals surface area contributed by atoms with Gasteiger partial charge in [-0.25, -0.2) is 0 Å². The maximum atomic E-state index is 11.7. The van der Waals surface area contributed by atoms with E-state index in [1.165, 1.54) is 0 Å². The van der Waals surface area contributed by atoms with E-state index in [4.69, 9.17) is 10.8 Å². The zero-order valence-corrected chi connectivity index (χ0v) is 9.57. The molecule has 1 atom stereocenters. The van der Waals surface area contributed by atoms with Gasteiger partial charge in [0, 0.05) is 5.30 Å². The van der Waals surface area contributed by atoms with Gasteiger partial charge in [0.2, 0.25) is 0 Å². The van der Waals surface area contributed by atoms with Gasteiger partial charge in [-0.05, 0) is 18.9 Å². The number of carbonyl (C=O) groups is 1. The normalized spacial score (nSPS) is 13.5. The molecular formula is C10H14NO3P. The van der Waals surface area contributed by atoms with E-state index >= 15 is 0 Å². The van der Waals surface area contributed by atoms with E-state index in [2.05, 4.69) is 0 Å². The highest BCUT2D eigenvalue weighted by Crippen LogP contribution is 2.34. The van der Waals surface area contributed by atoms with Crippen LogP contribution in [0.1, 0.15) is 11.6 Å². The number of aliphatic carboxylic acids is 1. The van der Waals surface area contributed by atoms with Crippen molar-refractivity contribution in [2.45, 2.75) is 6.04 Å². The Hall–Kier alpha value is -1.12. The molecule has 0 saturated carbocycles. The molecule has 0 spiro atoms. The molecule has 15 heavy (non-hydrogen) atoms. The van der Waals surface area contributed by atoms with Crippen LogP contribution in [0, 0.1) is 0 Å². The molecule has 1 aromatic carbocycles.